The summed E-state index contributed by atoms with van der Waals surface area (Å²) in [6.45, 7) is 1.91. The fourth-order valence-electron chi connectivity index (χ4n) is 1.86. The van der Waals surface area contributed by atoms with E-state index in [9.17, 15) is 8.42 Å². The van der Waals surface area contributed by atoms with Gasteiger partial charge in [-0.2, -0.15) is 4.37 Å². The largest absolute Gasteiger partial charge is 0.263 e. The van der Waals surface area contributed by atoms with Gasteiger partial charge in [-0.15, -0.1) is 0 Å². The molecule has 0 saturated heterocycles. The minimum absolute atomic E-state index is 0.236. The average molecular weight is 304 g/mol. The van der Waals surface area contributed by atoms with Gasteiger partial charge < -0.3 is 0 Å². The minimum atomic E-state index is -3.60. The number of aromatic nitrogens is 1. The van der Waals surface area contributed by atoms with Crippen molar-refractivity contribution in [3.05, 3.63) is 54.1 Å². The lowest BCUT2D eigenvalue weighted by Gasteiger charge is -2.06. The molecule has 0 spiro atoms. The summed E-state index contributed by atoms with van der Waals surface area (Å²) in [5, 5.41) is 0.813. The third-order valence-corrected chi connectivity index (χ3v) is 5.12. The maximum absolute atomic E-state index is 12.3. The van der Waals surface area contributed by atoms with Crippen molar-refractivity contribution in [2.75, 3.05) is 4.72 Å². The van der Waals surface area contributed by atoms with Crippen molar-refractivity contribution in [3.63, 3.8) is 0 Å². The molecular weight excluding hydrogens is 292 g/mol. The lowest BCUT2D eigenvalue weighted by atomic mass is 10.2. The molecule has 3 rings (SSSR count). The van der Waals surface area contributed by atoms with Crippen LogP contribution in [0.2, 0.25) is 0 Å². The van der Waals surface area contributed by atoms with Crippen LogP contribution in [0.15, 0.2) is 53.4 Å². The Balaban J connectivity index is 1.99. The highest BCUT2D eigenvalue weighted by molar-refractivity contribution is 7.92. The lowest BCUT2D eigenvalue weighted by Crippen LogP contribution is -2.13. The Labute approximate surface area is 121 Å². The Bertz CT molecular complexity index is 852. The van der Waals surface area contributed by atoms with Gasteiger partial charge in [0.05, 0.1) is 9.60 Å². The van der Waals surface area contributed by atoms with Gasteiger partial charge in [0.2, 0.25) is 0 Å². The van der Waals surface area contributed by atoms with Crippen LogP contribution in [0.1, 0.15) is 5.56 Å². The monoisotopic (exact) mass is 304 g/mol. The SMILES string of the molecule is Cc1ccc(S(=O)(=O)Nc2nsc3ccccc23)cc1. The van der Waals surface area contributed by atoms with Crippen LogP contribution in [-0.4, -0.2) is 12.8 Å². The van der Waals surface area contributed by atoms with Crippen LogP contribution in [-0.2, 0) is 10.0 Å². The maximum Gasteiger partial charge on any atom is 0.263 e. The predicted molar refractivity (Wildman–Crippen MR) is 81.6 cm³/mol. The third kappa shape index (κ3) is 2.39. The Hall–Kier alpha value is -1.92. The molecule has 20 heavy (non-hydrogen) atoms. The second-order valence-electron chi connectivity index (χ2n) is 4.45. The van der Waals surface area contributed by atoms with Crippen LogP contribution in [0.5, 0.6) is 0 Å². The van der Waals surface area contributed by atoms with Crippen molar-refractivity contribution >= 4 is 37.5 Å². The number of nitrogens with one attached hydrogen (secondary N) is 1. The number of aryl methyl sites for hydroxylation is 1. The normalized spacial score (nSPS) is 11.7. The first-order valence-electron chi connectivity index (χ1n) is 6.00. The molecule has 1 N–H and O–H groups in total. The highest BCUT2D eigenvalue weighted by atomic mass is 32.2. The zero-order valence-corrected chi connectivity index (χ0v) is 12.3. The van der Waals surface area contributed by atoms with Gasteiger partial charge in [-0.25, -0.2) is 8.42 Å². The molecule has 0 amide bonds. The van der Waals surface area contributed by atoms with Gasteiger partial charge in [0, 0.05) is 5.39 Å². The standard InChI is InChI=1S/C14H12N2O2S2/c1-10-6-8-11(9-7-10)20(17,18)16-14-12-4-2-3-5-13(12)19-15-14/h2-9H,1H3,(H,15,16). The van der Waals surface area contributed by atoms with E-state index in [0.29, 0.717) is 5.82 Å². The van der Waals surface area contributed by atoms with E-state index < -0.39 is 10.0 Å². The predicted octanol–water partition coefficient (Wildman–Crippen LogP) is 3.41. The molecular formula is C14H12N2O2S2. The first-order chi connectivity index (χ1) is 9.56. The van der Waals surface area contributed by atoms with Crippen molar-refractivity contribution < 1.29 is 8.42 Å². The van der Waals surface area contributed by atoms with E-state index in [1.54, 1.807) is 24.3 Å². The molecule has 3 aromatic rings. The third-order valence-electron chi connectivity index (χ3n) is 2.94. The summed E-state index contributed by atoms with van der Waals surface area (Å²) in [4.78, 5) is 0.236. The van der Waals surface area contributed by atoms with Crippen molar-refractivity contribution in [2.24, 2.45) is 0 Å². The van der Waals surface area contributed by atoms with Crippen molar-refractivity contribution in [1.82, 2.24) is 4.37 Å². The summed E-state index contributed by atoms with van der Waals surface area (Å²) in [6.07, 6.45) is 0. The fraction of sp³-hybridized carbons (Fsp3) is 0.0714. The van der Waals surface area contributed by atoms with Gasteiger partial charge in [0.25, 0.3) is 10.0 Å². The molecule has 0 radical (unpaired) electrons. The molecule has 0 aliphatic heterocycles. The quantitative estimate of drug-likeness (QED) is 0.806. The number of rotatable bonds is 3. The van der Waals surface area contributed by atoms with E-state index in [1.807, 2.05) is 31.2 Å². The van der Waals surface area contributed by atoms with Crippen molar-refractivity contribution in [1.29, 1.82) is 0 Å². The van der Waals surface area contributed by atoms with Gasteiger partial charge >= 0.3 is 0 Å². The van der Waals surface area contributed by atoms with Crippen molar-refractivity contribution in [2.45, 2.75) is 11.8 Å². The van der Waals surface area contributed by atoms with E-state index in [-0.39, 0.29) is 4.90 Å². The zero-order valence-electron chi connectivity index (χ0n) is 10.7. The van der Waals surface area contributed by atoms with Crippen LogP contribution >= 0.6 is 11.5 Å². The fourth-order valence-corrected chi connectivity index (χ4v) is 3.68. The van der Waals surface area contributed by atoms with Crippen LogP contribution < -0.4 is 4.72 Å². The highest BCUT2D eigenvalue weighted by Crippen LogP contribution is 2.28. The molecule has 0 saturated carbocycles. The minimum Gasteiger partial charge on any atom is -0.262 e. The lowest BCUT2D eigenvalue weighted by molar-refractivity contribution is 0.601. The van der Waals surface area contributed by atoms with Crippen LogP contribution in [0.4, 0.5) is 5.82 Å². The molecule has 0 unspecified atom stereocenters. The maximum atomic E-state index is 12.3. The van der Waals surface area contributed by atoms with E-state index in [2.05, 4.69) is 9.10 Å². The Morgan fingerprint density at radius 2 is 1.75 bits per heavy atom. The number of fused-ring (bicyclic) bond motifs is 1. The molecule has 0 atom stereocenters. The van der Waals surface area contributed by atoms with Gasteiger partial charge in [0.15, 0.2) is 5.82 Å². The summed E-state index contributed by atoms with van der Waals surface area (Å²) in [7, 11) is -3.60. The number of nitrogens with zero attached hydrogens (tertiary/aromatic N) is 1. The summed E-state index contributed by atoms with van der Waals surface area (Å²) in [5.41, 5.74) is 1.02. The molecule has 4 nitrogen and oxygen atoms in total. The molecule has 0 fully saturated rings. The zero-order chi connectivity index (χ0) is 14.2. The smallest absolute Gasteiger partial charge is 0.262 e. The number of sulfonamides is 1. The van der Waals surface area contributed by atoms with Crippen LogP contribution in [0.25, 0.3) is 10.1 Å². The second-order valence-corrected chi connectivity index (χ2v) is 6.93. The van der Waals surface area contributed by atoms with E-state index in [1.165, 1.54) is 11.5 Å². The van der Waals surface area contributed by atoms with Gasteiger partial charge in [-0.1, -0.05) is 29.8 Å². The van der Waals surface area contributed by atoms with Gasteiger partial charge in [-0.05, 0) is 42.7 Å². The summed E-state index contributed by atoms with van der Waals surface area (Å²) in [6, 6.07) is 14.3. The van der Waals surface area contributed by atoms with Crippen LogP contribution in [0, 0.1) is 6.92 Å². The molecule has 1 heterocycles. The van der Waals surface area contributed by atoms with Gasteiger partial charge in [-0.3, -0.25) is 4.72 Å². The van der Waals surface area contributed by atoms with Gasteiger partial charge in [0.1, 0.15) is 0 Å². The van der Waals surface area contributed by atoms with E-state index in [0.717, 1.165) is 15.6 Å². The first-order valence-corrected chi connectivity index (χ1v) is 8.26. The molecule has 0 aliphatic carbocycles. The number of anilines is 1. The molecule has 6 heteroatoms. The van der Waals surface area contributed by atoms with Crippen LogP contribution in [0.3, 0.4) is 0 Å². The molecule has 0 aliphatic rings. The Morgan fingerprint density at radius 1 is 1.05 bits per heavy atom. The number of benzene rings is 2. The number of hydrogen-bond acceptors (Lipinski definition) is 4. The topological polar surface area (TPSA) is 59.1 Å². The summed E-state index contributed by atoms with van der Waals surface area (Å²) >= 11 is 1.28. The van der Waals surface area contributed by atoms with E-state index in [4.69, 9.17) is 0 Å². The number of hydrogen-bond donors (Lipinski definition) is 1. The molecule has 1 aromatic heterocycles. The highest BCUT2D eigenvalue weighted by Gasteiger charge is 2.17. The Kier molecular flexibility index (Phi) is 3.19. The average Bonchev–Trinajstić information content (AvgIpc) is 2.82. The summed E-state index contributed by atoms with van der Waals surface area (Å²) in [5.74, 6) is 0.381. The second kappa shape index (κ2) is 4.88. The first kappa shape index (κ1) is 13.1. The van der Waals surface area contributed by atoms with E-state index >= 15 is 0 Å². The molecule has 0 bridgehead atoms. The van der Waals surface area contributed by atoms with Crippen molar-refractivity contribution in [3.8, 4) is 0 Å². The molecule has 102 valence electrons. The Morgan fingerprint density at radius 3 is 2.50 bits per heavy atom. The summed E-state index contributed by atoms with van der Waals surface area (Å²) < 4.78 is 32.3. The molecule has 2 aromatic carbocycles.